The lowest BCUT2D eigenvalue weighted by molar-refractivity contribution is -0.142. The summed E-state index contributed by atoms with van der Waals surface area (Å²) in [6, 6.07) is 14.0. The highest BCUT2D eigenvalue weighted by atomic mass is 16.5. The molecule has 0 heterocycles. The number of methoxy groups -OCH3 is 1. The SMILES string of the molecule is COc1ccccc1C[C@H](NC(=O)[C@@H](NC(=O)OCc1ccccc1)C(C)C)C(=O)O. The van der Waals surface area contributed by atoms with Crippen molar-refractivity contribution >= 4 is 18.0 Å². The first kappa shape index (κ1) is 23.7. The predicted octanol–water partition coefficient (Wildman–Crippen LogP) is 2.76. The summed E-state index contributed by atoms with van der Waals surface area (Å²) in [5.41, 5.74) is 1.46. The van der Waals surface area contributed by atoms with Crippen molar-refractivity contribution in [3.05, 3.63) is 65.7 Å². The van der Waals surface area contributed by atoms with Gasteiger partial charge in [0.15, 0.2) is 0 Å². The van der Waals surface area contributed by atoms with Crippen LogP contribution in [0.15, 0.2) is 54.6 Å². The van der Waals surface area contributed by atoms with Crippen molar-refractivity contribution in [1.29, 1.82) is 0 Å². The molecule has 0 saturated heterocycles. The Morgan fingerprint density at radius 3 is 2.23 bits per heavy atom. The molecular weight excluding hydrogens is 400 g/mol. The van der Waals surface area contributed by atoms with Gasteiger partial charge >= 0.3 is 12.1 Å². The summed E-state index contributed by atoms with van der Waals surface area (Å²) in [6.45, 7) is 3.56. The average molecular weight is 428 g/mol. The first-order chi connectivity index (χ1) is 14.8. The first-order valence-electron chi connectivity index (χ1n) is 9.94. The Hall–Kier alpha value is -3.55. The van der Waals surface area contributed by atoms with Crippen LogP contribution in [-0.2, 0) is 27.4 Å². The minimum absolute atomic E-state index is 0.0361. The van der Waals surface area contributed by atoms with Crippen molar-refractivity contribution in [3.8, 4) is 5.75 Å². The van der Waals surface area contributed by atoms with Crippen molar-refractivity contribution in [2.75, 3.05) is 7.11 Å². The normalized spacial score (nSPS) is 12.5. The van der Waals surface area contributed by atoms with Crippen LogP contribution >= 0.6 is 0 Å². The molecule has 0 aliphatic heterocycles. The van der Waals surface area contributed by atoms with Gasteiger partial charge < -0.3 is 25.2 Å². The molecule has 0 unspecified atom stereocenters. The van der Waals surface area contributed by atoms with Gasteiger partial charge in [-0.15, -0.1) is 0 Å². The molecule has 31 heavy (non-hydrogen) atoms. The van der Waals surface area contributed by atoms with Gasteiger partial charge in [0.2, 0.25) is 5.91 Å². The number of amides is 2. The van der Waals surface area contributed by atoms with Crippen molar-refractivity contribution < 1.29 is 29.0 Å². The number of hydrogen-bond acceptors (Lipinski definition) is 5. The number of carboxylic acids is 1. The molecule has 3 N–H and O–H groups in total. The maximum atomic E-state index is 12.8. The maximum absolute atomic E-state index is 12.8. The van der Waals surface area contributed by atoms with Crippen molar-refractivity contribution in [3.63, 3.8) is 0 Å². The van der Waals surface area contributed by atoms with E-state index in [0.29, 0.717) is 11.3 Å². The summed E-state index contributed by atoms with van der Waals surface area (Å²) in [5.74, 6) is -1.54. The number of rotatable bonds is 10. The van der Waals surface area contributed by atoms with E-state index >= 15 is 0 Å². The van der Waals surface area contributed by atoms with E-state index in [2.05, 4.69) is 10.6 Å². The summed E-state index contributed by atoms with van der Waals surface area (Å²) in [5, 5.41) is 14.6. The molecule has 0 bridgehead atoms. The number of carbonyl (C=O) groups excluding carboxylic acids is 2. The number of hydrogen-bond donors (Lipinski definition) is 3. The van der Waals surface area contributed by atoms with Crippen LogP contribution in [0, 0.1) is 5.92 Å². The fourth-order valence-electron chi connectivity index (χ4n) is 2.98. The van der Waals surface area contributed by atoms with E-state index in [1.165, 1.54) is 7.11 Å². The Morgan fingerprint density at radius 2 is 1.61 bits per heavy atom. The number of nitrogens with one attached hydrogen (secondary N) is 2. The van der Waals surface area contributed by atoms with Crippen LogP contribution in [0.5, 0.6) is 5.75 Å². The van der Waals surface area contributed by atoms with Crippen LogP contribution in [0.4, 0.5) is 4.79 Å². The molecule has 2 aromatic rings. The Morgan fingerprint density at radius 1 is 0.968 bits per heavy atom. The molecule has 8 nitrogen and oxygen atoms in total. The topological polar surface area (TPSA) is 114 Å². The standard InChI is InChI=1S/C23H28N2O6/c1-15(2)20(25-23(29)31-14-16-9-5-4-6-10-16)21(26)24-18(22(27)28)13-17-11-7-8-12-19(17)30-3/h4-12,15,18,20H,13-14H2,1-3H3,(H,24,26)(H,25,29)(H,27,28)/t18-,20-/m0/s1. The molecule has 8 heteroatoms. The van der Waals surface area contributed by atoms with Crippen molar-refractivity contribution in [2.45, 2.75) is 39.0 Å². The third kappa shape index (κ3) is 7.33. The number of benzene rings is 2. The quantitative estimate of drug-likeness (QED) is 0.536. The molecule has 2 aromatic carbocycles. The number of carbonyl (C=O) groups is 3. The minimum Gasteiger partial charge on any atom is -0.496 e. The van der Waals surface area contributed by atoms with Crippen LogP contribution < -0.4 is 15.4 Å². The second kappa shape index (κ2) is 11.6. The highest BCUT2D eigenvalue weighted by Gasteiger charge is 2.29. The molecule has 2 amide bonds. The van der Waals surface area contributed by atoms with Crippen LogP contribution in [-0.4, -0.2) is 42.3 Å². The Balaban J connectivity index is 2.01. The summed E-state index contributed by atoms with van der Waals surface area (Å²) in [6.07, 6.45) is -0.719. The van der Waals surface area contributed by atoms with Gasteiger partial charge in [-0.3, -0.25) is 4.79 Å². The Kier molecular flexibility index (Phi) is 8.87. The van der Waals surface area contributed by atoms with E-state index in [-0.39, 0.29) is 18.9 Å². The number of aliphatic carboxylic acids is 1. The van der Waals surface area contributed by atoms with Gasteiger partial charge in [-0.25, -0.2) is 9.59 Å². The van der Waals surface area contributed by atoms with Gasteiger partial charge in [0, 0.05) is 6.42 Å². The van der Waals surface area contributed by atoms with E-state index in [9.17, 15) is 19.5 Å². The zero-order chi connectivity index (χ0) is 22.8. The van der Waals surface area contributed by atoms with Crippen LogP contribution in [0.25, 0.3) is 0 Å². The smallest absolute Gasteiger partial charge is 0.408 e. The summed E-state index contributed by atoms with van der Waals surface area (Å²) in [7, 11) is 1.49. The molecule has 2 atom stereocenters. The number of ether oxygens (including phenoxy) is 2. The van der Waals surface area contributed by atoms with Gasteiger partial charge in [-0.1, -0.05) is 62.4 Å². The zero-order valence-electron chi connectivity index (χ0n) is 17.8. The Labute approximate surface area is 181 Å². The highest BCUT2D eigenvalue weighted by Crippen LogP contribution is 2.19. The van der Waals surface area contributed by atoms with Gasteiger partial charge in [0.05, 0.1) is 7.11 Å². The van der Waals surface area contributed by atoms with Crippen LogP contribution in [0.3, 0.4) is 0 Å². The summed E-state index contributed by atoms with van der Waals surface area (Å²) >= 11 is 0. The first-order valence-corrected chi connectivity index (χ1v) is 9.94. The minimum atomic E-state index is -1.19. The third-order valence-corrected chi connectivity index (χ3v) is 4.67. The summed E-state index contributed by atoms with van der Waals surface area (Å²) < 4.78 is 10.4. The lowest BCUT2D eigenvalue weighted by Crippen LogP contribution is -2.54. The van der Waals surface area contributed by atoms with Crippen LogP contribution in [0.2, 0.25) is 0 Å². The van der Waals surface area contributed by atoms with Gasteiger partial charge in [0.25, 0.3) is 0 Å². The highest BCUT2D eigenvalue weighted by molar-refractivity contribution is 5.89. The Bertz CT molecular complexity index is 885. The maximum Gasteiger partial charge on any atom is 0.408 e. The fraction of sp³-hybridized carbons (Fsp3) is 0.348. The molecule has 0 aliphatic rings. The van der Waals surface area contributed by atoms with E-state index in [4.69, 9.17) is 9.47 Å². The molecule has 0 fully saturated rings. The molecule has 0 aliphatic carbocycles. The van der Waals surface area contributed by atoms with Gasteiger partial charge in [-0.2, -0.15) is 0 Å². The van der Waals surface area contributed by atoms with E-state index in [0.717, 1.165) is 5.56 Å². The average Bonchev–Trinajstić information content (AvgIpc) is 2.76. The monoisotopic (exact) mass is 428 g/mol. The predicted molar refractivity (Wildman–Crippen MR) is 115 cm³/mol. The van der Waals surface area contributed by atoms with Gasteiger partial charge in [-0.05, 0) is 23.1 Å². The van der Waals surface area contributed by atoms with E-state index in [1.807, 2.05) is 30.3 Å². The fourth-order valence-corrected chi connectivity index (χ4v) is 2.98. The molecule has 0 saturated carbocycles. The molecule has 2 rings (SSSR count). The van der Waals surface area contributed by atoms with E-state index in [1.54, 1.807) is 38.1 Å². The summed E-state index contributed by atoms with van der Waals surface area (Å²) in [4.78, 5) is 36.7. The third-order valence-electron chi connectivity index (χ3n) is 4.67. The second-order valence-corrected chi connectivity index (χ2v) is 7.34. The lowest BCUT2D eigenvalue weighted by Gasteiger charge is -2.24. The van der Waals surface area contributed by atoms with Gasteiger partial charge in [0.1, 0.15) is 24.4 Å². The molecule has 0 radical (unpaired) electrons. The number of para-hydroxylation sites is 1. The zero-order valence-corrected chi connectivity index (χ0v) is 17.8. The number of carboxylic acid groups (broad SMARTS) is 1. The molecule has 166 valence electrons. The van der Waals surface area contributed by atoms with Crippen molar-refractivity contribution in [2.24, 2.45) is 5.92 Å². The molecule has 0 aromatic heterocycles. The molecule has 0 spiro atoms. The second-order valence-electron chi connectivity index (χ2n) is 7.34. The van der Waals surface area contributed by atoms with E-state index < -0.39 is 30.1 Å². The largest absolute Gasteiger partial charge is 0.496 e. The van der Waals surface area contributed by atoms with Crippen LogP contribution in [0.1, 0.15) is 25.0 Å². The lowest BCUT2D eigenvalue weighted by atomic mass is 10.0. The molecular formula is C23H28N2O6. The number of alkyl carbamates (subject to hydrolysis) is 1. The van der Waals surface area contributed by atoms with Crippen molar-refractivity contribution in [1.82, 2.24) is 10.6 Å².